The van der Waals surface area contributed by atoms with Crippen molar-refractivity contribution in [3.8, 4) is 5.75 Å². The highest BCUT2D eigenvalue weighted by atomic mass is 16.6. The van der Waals surface area contributed by atoms with Crippen molar-refractivity contribution < 1.29 is 48.0 Å². The molecule has 0 aliphatic carbocycles. The smallest absolute Gasteiger partial charge is 0.123 e. The number of hydrogen-bond acceptors (Lipinski definition) is 10. The summed E-state index contributed by atoms with van der Waals surface area (Å²) in [6, 6.07) is 8.41. The predicted octanol–water partition coefficient (Wildman–Crippen LogP) is 5.57. The normalized spacial score (nSPS) is 10.5. The summed E-state index contributed by atoms with van der Waals surface area (Å²) in [5, 5.41) is 9.04. The van der Waals surface area contributed by atoms with Gasteiger partial charge in [0.1, 0.15) is 43.8 Å². The summed E-state index contributed by atoms with van der Waals surface area (Å²) < 4.78 is 21.8. The second-order valence-corrected chi connectivity index (χ2v) is 9.77. The van der Waals surface area contributed by atoms with Crippen LogP contribution in [0.2, 0.25) is 0 Å². The summed E-state index contributed by atoms with van der Waals surface area (Å²) in [6.07, 6.45) is 13.1. The number of benzene rings is 1. The topological polar surface area (TPSA) is 142 Å². The molecular formula is C35H60O10. The zero-order chi connectivity index (χ0) is 34.2. The Kier molecular flexibility index (Phi) is 42.7. The van der Waals surface area contributed by atoms with Gasteiger partial charge in [-0.1, -0.05) is 65.0 Å². The van der Waals surface area contributed by atoms with E-state index in [-0.39, 0.29) is 12.8 Å². The lowest BCUT2D eigenvalue weighted by molar-refractivity contribution is -0.118. The molecule has 0 heterocycles. The van der Waals surface area contributed by atoms with Crippen LogP contribution >= 0.6 is 0 Å². The Morgan fingerprint density at radius 1 is 0.667 bits per heavy atom. The van der Waals surface area contributed by atoms with Crippen LogP contribution in [0, 0.1) is 5.92 Å². The van der Waals surface area contributed by atoms with Gasteiger partial charge in [-0.25, -0.2) is 0 Å². The van der Waals surface area contributed by atoms with Crippen LogP contribution in [0.4, 0.5) is 0 Å². The average molecular weight is 641 g/mol. The maximum atomic E-state index is 9.97. The number of hydrogen-bond donors (Lipinski definition) is 1. The largest absolute Gasteiger partial charge is 0.491 e. The average Bonchev–Trinajstić information content (AvgIpc) is 3.06. The van der Waals surface area contributed by atoms with Crippen LogP contribution in [0.3, 0.4) is 0 Å². The minimum Gasteiger partial charge on any atom is -0.491 e. The number of unbranched alkanes of at least 4 members (excludes halogenated alkanes) is 6. The maximum absolute atomic E-state index is 9.97. The second-order valence-electron chi connectivity index (χ2n) is 9.77. The zero-order valence-electron chi connectivity index (χ0n) is 28.2. The first-order valence-corrected chi connectivity index (χ1v) is 16.3. The molecule has 0 spiro atoms. The summed E-state index contributed by atoms with van der Waals surface area (Å²) in [7, 11) is 0. The lowest BCUT2D eigenvalue weighted by Gasteiger charge is -2.09. The van der Waals surface area contributed by atoms with Crippen molar-refractivity contribution in [2.75, 3.05) is 46.2 Å². The molecule has 10 nitrogen and oxygen atoms in total. The van der Waals surface area contributed by atoms with Gasteiger partial charge in [-0.05, 0) is 37.5 Å². The molecule has 0 aliphatic rings. The number of aliphatic hydroxyl groups excluding tert-OH is 1. The molecule has 45 heavy (non-hydrogen) atoms. The molecule has 1 aromatic carbocycles. The molecule has 10 heteroatoms. The van der Waals surface area contributed by atoms with Crippen LogP contribution in [0.1, 0.15) is 97.5 Å². The summed E-state index contributed by atoms with van der Waals surface area (Å²) in [6.45, 7) is 11.4. The van der Waals surface area contributed by atoms with Gasteiger partial charge in [0, 0.05) is 31.6 Å². The molecule has 0 fully saturated rings. The molecule has 1 unspecified atom stereocenters. The summed E-state index contributed by atoms with van der Waals surface area (Å²) in [5.74, 6) is 0.488. The van der Waals surface area contributed by atoms with Crippen LogP contribution in [-0.2, 0) is 44.6 Å². The van der Waals surface area contributed by atoms with Crippen molar-refractivity contribution >= 4 is 31.4 Å². The molecule has 1 atom stereocenters. The minimum absolute atomic E-state index is 0.155. The van der Waals surface area contributed by atoms with E-state index in [1.807, 2.05) is 26.0 Å². The van der Waals surface area contributed by atoms with Crippen LogP contribution in [0.25, 0.3) is 0 Å². The first-order chi connectivity index (χ1) is 22.0. The Hall–Kier alpha value is -2.79. The Morgan fingerprint density at radius 2 is 1.16 bits per heavy atom. The fourth-order valence-corrected chi connectivity index (χ4v) is 3.36. The molecule has 1 N–H and O–H groups in total. The van der Waals surface area contributed by atoms with Crippen molar-refractivity contribution in [2.45, 2.75) is 104 Å². The molecule has 1 aromatic rings. The van der Waals surface area contributed by atoms with Gasteiger partial charge in [0.25, 0.3) is 0 Å². The van der Waals surface area contributed by atoms with E-state index in [0.29, 0.717) is 77.9 Å². The highest BCUT2D eigenvalue weighted by Gasteiger charge is 2.03. The van der Waals surface area contributed by atoms with Gasteiger partial charge >= 0.3 is 0 Å². The van der Waals surface area contributed by atoms with Crippen LogP contribution in [-0.4, -0.2) is 88.9 Å². The van der Waals surface area contributed by atoms with E-state index in [9.17, 15) is 24.0 Å². The van der Waals surface area contributed by atoms with Gasteiger partial charge in [-0.15, -0.1) is 0 Å². The molecule has 0 amide bonds. The molecule has 0 radical (unpaired) electrons. The van der Waals surface area contributed by atoms with E-state index < -0.39 is 12.0 Å². The monoisotopic (exact) mass is 640 g/mol. The Balaban J connectivity index is -0.000000849. The molecule has 0 saturated heterocycles. The number of carbonyl (C=O) groups excluding carboxylic acids is 5. The fraction of sp³-hybridized carbons (Fsp3) is 0.686. The highest BCUT2D eigenvalue weighted by molar-refractivity contribution is 5.66. The van der Waals surface area contributed by atoms with E-state index in [0.717, 1.165) is 24.7 Å². The number of ether oxygens (including phenoxy) is 4. The molecule has 1 rings (SSSR count). The molecule has 0 bridgehead atoms. The SMILES string of the molecule is CC.CCCCCCCCc1ccc(OCCOCCOCCOCC(C)O)cc1.O=CCC(C=O)CC=O.O=CCCC=O. The van der Waals surface area contributed by atoms with E-state index in [2.05, 4.69) is 19.1 Å². The number of carbonyl (C=O) groups is 5. The third-order valence-electron chi connectivity index (χ3n) is 5.73. The number of aryl methyl sites for hydroxylation is 1. The Labute approximate surface area is 271 Å². The lowest BCUT2D eigenvalue weighted by atomic mass is 10.0. The van der Waals surface area contributed by atoms with E-state index >= 15 is 0 Å². The minimum atomic E-state index is -0.431. The zero-order valence-corrected chi connectivity index (χ0v) is 28.2. The van der Waals surface area contributed by atoms with Crippen LogP contribution < -0.4 is 4.74 Å². The predicted molar refractivity (Wildman–Crippen MR) is 177 cm³/mol. The third kappa shape index (κ3) is 39.2. The third-order valence-corrected chi connectivity index (χ3v) is 5.73. The van der Waals surface area contributed by atoms with Gasteiger partial charge in [-0.3, -0.25) is 0 Å². The van der Waals surface area contributed by atoms with Crippen LogP contribution in [0.5, 0.6) is 5.75 Å². The van der Waals surface area contributed by atoms with Gasteiger partial charge in [0.15, 0.2) is 0 Å². The second kappa shape index (κ2) is 41.2. The number of rotatable bonds is 27. The summed E-state index contributed by atoms with van der Waals surface area (Å²) in [5.41, 5.74) is 1.38. The highest BCUT2D eigenvalue weighted by Crippen LogP contribution is 2.15. The molecule has 0 aromatic heterocycles. The first kappa shape index (κ1) is 46.6. The van der Waals surface area contributed by atoms with Gasteiger partial charge in [-0.2, -0.15) is 0 Å². The van der Waals surface area contributed by atoms with Gasteiger partial charge in [0.2, 0.25) is 0 Å². The van der Waals surface area contributed by atoms with Crippen molar-refractivity contribution in [1.29, 1.82) is 0 Å². The van der Waals surface area contributed by atoms with E-state index in [1.165, 1.54) is 44.1 Å². The fourth-order valence-electron chi connectivity index (χ4n) is 3.36. The van der Waals surface area contributed by atoms with Crippen molar-refractivity contribution in [2.24, 2.45) is 5.92 Å². The number of aliphatic hydroxyl groups is 1. The molecule has 0 saturated carbocycles. The summed E-state index contributed by atoms with van der Waals surface area (Å²) >= 11 is 0. The van der Waals surface area contributed by atoms with Crippen LogP contribution in [0.15, 0.2) is 24.3 Å². The molecule has 0 aliphatic heterocycles. The quantitative estimate of drug-likeness (QED) is 0.0958. The van der Waals surface area contributed by atoms with Gasteiger partial charge < -0.3 is 48.0 Å². The maximum Gasteiger partial charge on any atom is 0.123 e. The lowest BCUT2D eigenvalue weighted by Crippen LogP contribution is -2.15. The molecular weight excluding hydrogens is 580 g/mol. The summed E-state index contributed by atoms with van der Waals surface area (Å²) in [4.78, 5) is 48.3. The Morgan fingerprint density at radius 3 is 1.62 bits per heavy atom. The van der Waals surface area contributed by atoms with E-state index in [4.69, 9.17) is 24.1 Å². The van der Waals surface area contributed by atoms with Gasteiger partial charge in [0.05, 0.1) is 45.7 Å². The molecule has 260 valence electrons. The number of aldehydes is 5. The first-order valence-electron chi connectivity index (χ1n) is 16.3. The standard InChI is InChI=1S/C23H40O5.C6H8O3.C4H6O2.C2H6/c1-3-4-5-6-7-8-9-22-10-12-23(13-11-22)28-19-18-26-15-14-25-16-17-27-20-21(2)24;7-3-1-6(5-9)2-4-8;5-3-1-2-4-6;1-2/h10-13,21,24H,3-9,14-20H2,1-2H3;3-6H,1-2H2;3-4H,1-2H2;1-2H3. The Bertz CT molecular complexity index is 750. The van der Waals surface area contributed by atoms with Crippen molar-refractivity contribution in [1.82, 2.24) is 0 Å². The van der Waals surface area contributed by atoms with Crippen molar-refractivity contribution in [3.05, 3.63) is 29.8 Å². The van der Waals surface area contributed by atoms with Crippen molar-refractivity contribution in [3.63, 3.8) is 0 Å². The van der Waals surface area contributed by atoms with E-state index in [1.54, 1.807) is 6.92 Å².